The number of hydrogen-bond donors (Lipinski definition) is 1. The van der Waals surface area contributed by atoms with E-state index in [9.17, 15) is 4.79 Å². The molecule has 0 fully saturated rings. The summed E-state index contributed by atoms with van der Waals surface area (Å²) in [5, 5.41) is 1.15. The standard InChI is InChI=1S/C18H25NO/c1-5-13(6-2)12(4)15-8-9-17-16(11-15)10-14(7-3)18(20)19-17/h8-13H,5-7H2,1-4H3,(H,19,20). The van der Waals surface area contributed by atoms with Crippen molar-refractivity contribution in [3.05, 3.63) is 45.7 Å². The second kappa shape index (κ2) is 6.25. The van der Waals surface area contributed by atoms with Crippen LogP contribution in [-0.2, 0) is 6.42 Å². The summed E-state index contributed by atoms with van der Waals surface area (Å²) in [6.07, 6.45) is 3.20. The summed E-state index contributed by atoms with van der Waals surface area (Å²) in [4.78, 5) is 14.8. The first kappa shape index (κ1) is 14.8. The highest BCUT2D eigenvalue weighted by Crippen LogP contribution is 2.30. The molecule has 2 rings (SSSR count). The van der Waals surface area contributed by atoms with Gasteiger partial charge in [0.2, 0.25) is 0 Å². The predicted octanol–water partition coefficient (Wildman–Crippen LogP) is 4.63. The minimum atomic E-state index is 0.0424. The SMILES string of the molecule is CCc1cc2cc(C(C)C(CC)CC)ccc2[nH]c1=O. The van der Waals surface area contributed by atoms with Crippen molar-refractivity contribution in [1.29, 1.82) is 0 Å². The molecule has 0 aliphatic carbocycles. The minimum Gasteiger partial charge on any atom is -0.322 e. The van der Waals surface area contributed by atoms with E-state index in [1.54, 1.807) is 0 Å². The van der Waals surface area contributed by atoms with Crippen LogP contribution in [0.2, 0.25) is 0 Å². The Morgan fingerprint density at radius 1 is 1.10 bits per heavy atom. The van der Waals surface area contributed by atoms with Gasteiger partial charge in [0.05, 0.1) is 0 Å². The van der Waals surface area contributed by atoms with Crippen LogP contribution in [0.4, 0.5) is 0 Å². The molecule has 0 aliphatic rings. The van der Waals surface area contributed by atoms with Gasteiger partial charge in [-0.15, -0.1) is 0 Å². The van der Waals surface area contributed by atoms with E-state index in [4.69, 9.17) is 0 Å². The first-order chi connectivity index (χ1) is 9.60. The van der Waals surface area contributed by atoms with Crippen molar-refractivity contribution in [3.8, 4) is 0 Å². The topological polar surface area (TPSA) is 32.9 Å². The average Bonchev–Trinajstić information content (AvgIpc) is 2.47. The molecule has 0 bridgehead atoms. The number of aromatic amines is 1. The van der Waals surface area contributed by atoms with Gasteiger partial charge in [-0.1, -0.05) is 46.6 Å². The quantitative estimate of drug-likeness (QED) is 0.845. The van der Waals surface area contributed by atoms with E-state index < -0.39 is 0 Å². The number of aryl methyl sites for hydroxylation is 1. The molecule has 1 N–H and O–H groups in total. The highest BCUT2D eigenvalue weighted by molar-refractivity contribution is 5.79. The number of H-pyrrole nitrogens is 1. The van der Waals surface area contributed by atoms with Gasteiger partial charge in [-0.3, -0.25) is 4.79 Å². The van der Waals surface area contributed by atoms with Gasteiger partial charge < -0.3 is 4.98 Å². The maximum absolute atomic E-state index is 11.8. The van der Waals surface area contributed by atoms with Gasteiger partial charge in [-0.05, 0) is 47.4 Å². The second-order valence-corrected chi connectivity index (χ2v) is 5.69. The smallest absolute Gasteiger partial charge is 0.251 e. The number of pyridine rings is 1. The van der Waals surface area contributed by atoms with E-state index in [2.05, 4.69) is 37.9 Å². The lowest BCUT2D eigenvalue weighted by Gasteiger charge is -2.22. The zero-order valence-electron chi connectivity index (χ0n) is 13.0. The lowest BCUT2D eigenvalue weighted by molar-refractivity contribution is 0.419. The number of fused-ring (bicyclic) bond motifs is 1. The Kier molecular flexibility index (Phi) is 4.64. The van der Waals surface area contributed by atoms with Crippen LogP contribution in [0.15, 0.2) is 29.1 Å². The molecule has 1 heterocycles. The molecule has 0 aliphatic heterocycles. The molecule has 108 valence electrons. The third kappa shape index (κ3) is 2.79. The molecule has 1 atom stereocenters. The molecular weight excluding hydrogens is 246 g/mol. The van der Waals surface area contributed by atoms with Crippen LogP contribution in [0.1, 0.15) is 57.6 Å². The fourth-order valence-electron chi connectivity index (χ4n) is 3.08. The molecule has 2 heteroatoms. The third-order valence-electron chi connectivity index (χ3n) is 4.61. The average molecular weight is 271 g/mol. The van der Waals surface area contributed by atoms with Gasteiger partial charge in [0.1, 0.15) is 0 Å². The van der Waals surface area contributed by atoms with Crippen LogP contribution in [0.3, 0.4) is 0 Å². The molecule has 2 nitrogen and oxygen atoms in total. The van der Waals surface area contributed by atoms with E-state index in [1.807, 2.05) is 19.1 Å². The van der Waals surface area contributed by atoms with Gasteiger partial charge in [-0.2, -0.15) is 0 Å². The first-order valence-corrected chi connectivity index (χ1v) is 7.76. The Hall–Kier alpha value is -1.57. The molecule has 1 aromatic heterocycles. The van der Waals surface area contributed by atoms with E-state index >= 15 is 0 Å². The molecule has 0 saturated heterocycles. The number of nitrogens with one attached hydrogen (secondary N) is 1. The molecule has 2 aromatic rings. The maximum atomic E-state index is 11.8. The monoisotopic (exact) mass is 271 g/mol. The van der Waals surface area contributed by atoms with Crippen LogP contribution in [-0.4, -0.2) is 4.98 Å². The Morgan fingerprint density at radius 2 is 1.80 bits per heavy atom. The van der Waals surface area contributed by atoms with E-state index in [0.29, 0.717) is 5.92 Å². The van der Waals surface area contributed by atoms with Crippen LogP contribution < -0.4 is 5.56 Å². The maximum Gasteiger partial charge on any atom is 0.251 e. The Labute approximate surface area is 121 Å². The summed E-state index contributed by atoms with van der Waals surface area (Å²) in [6.45, 7) is 8.86. The highest BCUT2D eigenvalue weighted by atomic mass is 16.1. The van der Waals surface area contributed by atoms with E-state index in [-0.39, 0.29) is 5.56 Å². The van der Waals surface area contributed by atoms with E-state index in [0.717, 1.165) is 28.8 Å². The Balaban J connectivity index is 2.47. The molecule has 0 amide bonds. The number of hydrogen-bond acceptors (Lipinski definition) is 1. The summed E-state index contributed by atoms with van der Waals surface area (Å²) < 4.78 is 0. The molecular formula is C18H25NO. The lowest BCUT2D eigenvalue weighted by Crippen LogP contribution is -2.12. The summed E-state index contributed by atoms with van der Waals surface area (Å²) >= 11 is 0. The predicted molar refractivity (Wildman–Crippen MR) is 86.4 cm³/mol. The molecule has 0 saturated carbocycles. The molecule has 1 aromatic carbocycles. The molecule has 0 radical (unpaired) electrons. The normalized spacial score (nSPS) is 13.1. The summed E-state index contributed by atoms with van der Waals surface area (Å²) in [5.74, 6) is 1.28. The third-order valence-corrected chi connectivity index (χ3v) is 4.61. The number of aromatic nitrogens is 1. The molecule has 0 spiro atoms. The second-order valence-electron chi connectivity index (χ2n) is 5.69. The van der Waals surface area contributed by atoms with Crippen molar-refractivity contribution >= 4 is 10.9 Å². The number of benzene rings is 1. The molecule has 1 unspecified atom stereocenters. The van der Waals surface area contributed by atoms with Crippen LogP contribution in [0, 0.1) is 5.92 Å². The Bertz CT molecular complexity index is 637. The van der Waals surface area contributed by atoms with Gasteiger partial charge >= 0.3 is 0 Å². The fraction of sp³-hybridized carbons (Fsp3) is 0.500. The fourth-order valence-corrected chi connectivity index (χ4v) is 3.08. The van der Waals surface area contributed by atoms with Gasteiger partial charge in [0.25, 0.3) is 5.56 Å². The van der Waals surface area contributed by atoms with Crippen molar-refractivity contribution in [2.75, 3.05) is 0 Å². The van der Waals surface area contributed by atoms with Gasteiger partial charge in [0, 0.05) is 11.1 Å². The highest BCUT2D eigenvalue weighted by Gasteiger charge is 2.16. The molecule has 20 heavy (non-hydrogen) atoms. The summed E-state index contributed by atoms with van der Waals surface area (Å²) in [7, 11) is 0. The first-order valence-electron chi connectivity index (χ1n) is 7.76. The minimum absolute atomic E-state index is 0.0424. The Morgan fingerprint density at radius 3 is 2.40 bits per heavy atom. The van der Waals surface area contributed by atoms with Crippen LogP contribution in [0.25, 0.3) is 10.9 Å². The van der Waals surface area contributed by atoms with Gasteiger partial charge in [0.15, 0.2) is 0 Å². The van der Waals surface area contributed by atoms with Crippen molar-refractivity contribution < 1.29 is 0 Å². The van der Waals surface area contributed by atoms with Crippen LogP contribution >= 0.6 is 0 Å². The van der Waals surface area contributed by atoms with E-state index in [1.165, 1.54) is 18.4 Å². The van der Waals surface area contributed by atoms with Crippen molar-refractivity contribution in [2.45, 2.75) is 52.9 Å². The lowest BCUT2D eigenvalue weighted by atomic mass is 9.84. The van der Waals surface area contributed by atoms with Crippen LogP contribution in [0.5, 0.6) is 0 Å². The van der Waals surface area contributed by atoms with Crippen molar-refractivity contribution in [3.63, 3.8) is 0 Å². The summed E-state index contributed by atoms with van der Waals surface area (Å²) in [6, 6.07) is 8.49. The largest absolute Gasteiger partial charge is 0.322 e. The summed E-state index contributed by atoms with van der Waals surface area (Å²) in [5.41, 5.74) is 3.22. The van der Waals surface area contributed by atoms with Gasteiger partial charge in [-0.25, -0.2) is 0 Å². The van der Waals surface area contributed by atoms with Crippen molar-refractivity contribution in [1.82, 2.24) is 4.98 Å². The zero-order chi connectivity index (χ0) is 14.7. The van der Waals surface area contributed by atoms with Crippen molar-refractivity contribution in [2.24, 2.45) is 5.92 Å². The zero-order valence-corrected chi connectivity index (χ0v) is 13.0. The number of rotatable bonds is 5.